The SMILES string of the molecule is COCc1nc(C)c(C(=O)OCc2cc(OC)no2)s1. The van der Waals surface area contributed by atoms with Crippen LogP contribution in [0.2, 0.25) is 0 Å². The molecule has 0 saturated heterocycles. The number of rotatable bonds is 6. The topological polar surface area (TPSA) is 83.7 Å². The molecule has 0 spiro atoms. The zero-order valence-corrected chi connectivity index (χ0v) is 12.2. The number of nitrogens with zero attached hydrogens (tertiary/aromatic N) is 2. The fourth-order valence-corrected chi connectivity index (χ4v) is 2.42. The third kappa shape index (κ3) is 3.34. The molecule has 2 heterocycles. The summed E-state index contributed by atoms with van der Waals surface area (Å²) in [6.45, 7) is 2.12. The molecule has 0 unspecified atom stereocenters. The van der Waals surface area contributed by atoms with Gasteiger partial charge < -0.3 is 18.7 Å². The fourth-order valence-electron chi connectivity index (χ4n) is 1.49. The molecule has 7 nitrogen and oxygen atoms in total. The second-order valence-corrected chi connectivity index (χ2v) is 4.95. The summed E-state index contributed by atoms with van der Waals surface area (Å²) < 4.78 is 19.9. The minimum atomic E-state index is -0.447. The molecule has 0 aliphatic heterocycles. The Hall–Kier alpha value is -1.93. The molecule has 0 radical (unpaired) electrons. The first-order chi connectivity index (χ1) is 9.63. The van der Waals surface area contributed by atoms with Crippen molar-refractivity contribution in [3.63, 3.8) is 0 Å². The van der Waals surface area contributed by atoms with Gasteiger partial charge in [-0.3, -0.25) is 0 Å². The van der Waals surface area contributed by atoms with Gasteiger partial charge in [0.1, 0.15) is 9.88 Å². The second kappa shape index (κ2) is 6.49. The van der Waals surface area contributed by atoms with E-state index in [2.05, 4.69) is 10.1 Å². The molecule has 0 saturated carbocycles. The molecule has 2 aromatic heterocycles. The Morgan fingerprint density at radius 3 is 2.85 bits per heavy atom. The Morgan fingerprint density at radius 2 is 2.20 bits per heavy atom. The van der Waals surface area contributed by atoms with Crippen molar-refractivity contribution < 1.29 is 23.5 Å². The van der Waals surface area contributed by atoms with E-state index in [0.29, 0.717) is 28.8 Å². The number of aromatic nitrogens is 2. The molecule has 0 atom stereocenters. The van der Waals surface area contributed by atoms with Gasteiger partial charge >= 0.3 is 5.97 Å². The van der Waals surface area contributed by atoms with Gasteiger partial charge in [0, 0.05) is 13.2 Å². The van der Waals surface area contributed by atoms with E-state index in [1.165, 1.54) is 18.4 Å². The Bertz CT molecular complexity index is 592. The van der Waals surface area contributed by atoms with E-state index in [1.807, 2.05) is 0 Å². The molecule has 108 valence electrons. The lowest BCUT2D eigenvalue weighted by atomic mass is 10.4. The molecule has 2 aromatic rings. The van der Waals surface area contributed by atoms with Gasteiger partial charge in [0.15, 0.2) is 12.4 Å². The average molecular weight is 298 g/mol. The van der Waals surface area contributed by atoms with Crippen molar-refractivity contribution in [3.8, 4) is 5.88 Å². The molecule has 0 aromatic carbocycles. The molecule has 0 N–H and O–H groups in total. The van der Waals surface area contributed by atoms with Crippen LogP contribution in [0.1, 0.15) is 26.1 Å². The Kier molecular flexibility index (Phi) is 4.70. The third-order valence-corrected chi connectivity index (χ3v) is 3.50. The first-order valence-corrected chi connectivity index (χ1v) is 6.57. The standard InChI is InChI=1S/C12H14N2O5S/c1-7-11(20-10(13-7)6-16-2)12(15)18-5-8-4-9(17-3)14-19-8/h4H,5-6H2,1-3H3. The number of hydrogen-bond donors (Lipinski definition) is 0. The molecule has 20 heavy (non-hydrogen) atoms. The summed E-state index contributed by atoms with van der Waals surface area (Å²) in [5, 5.41) is 4.35. The van der Waals surface area contributed by atoms with Crippen LogP contribution >= 0.6 is 11.3 Å². The lowest BCUT2D eigenvalue weighted by molar-refractivity contribution is 0.0442. The number of hydrogen-bond acceptors (Lipinski definition) is 8. The van der Waals surface area contributed by atoms with E-state index in [-0.39, 0.29) is 6.61 Å². The number of carbonyl (C=O) groups is 1. The molecule has 0 aliphatic rings. The van der Waals surface area contributed by atoms with Crippen molar-refractivity contribution in [2.45, 2.75) is 20.1 Å². The summed E-state index contributed by atoms with van der Waals surface area (Å²) >= 11 is 1.26. The summed E-state index contributed by atoms with van der Waals surface area (Å²) in [5.74, 6) is 0.305. The van der Waals surface area contributed by atoms with E-state index in [0.717, 1.165) is 5.01 Å². The highest BCUT2D eigenvalue weighted by Crippen LogP contribution is 2.20. The maximum atomic E-state index is 11.9. The highest BCUT2D eigenvalue weighted by atomic mass is 32.1. The minimum absolute atomic E-state index is 0.00779. The first kappa shape index (κ1) is 14.5. The van der Waals surface area contributed by atoms with Crippen molar-refractivity contribution in [2.75, 3.05) is 14.2 Å². The van der Waals surface area contributed by atoms with Gasteiger partial charge in [-0.2, -0.15) is 0 Å². The summed E-state index contributed by atoms with van der Waals surface area (Å²) in [4.78, 5) is 16.6. The van der Waals surface area contributed by atoms with Crippen LogP contribution in [0.3, 0.4) is 0 Å². The largest absolute Gasteiger partial charge is 0.479 e. The highest BCUT2D eigenvalue weighted by Gasteiger charge is 2.17. The van der Waals surface area contributed by atoms with E-state index in [4.69, 9.17) is 18.7 Å². The molecule has 0 amide bonds. The zero-order valence-electron chi connectivity index (χ0n) is 11.3. The van der Waals surface area contributed by atoms with Crippen LogP contribution in [0.5, 0.6) is 5.88 Å². The number of carbonyl (C=O) groups excluding carboxylic acids is 1. The van der Waals surface area contributed by atoms with Crippen LogP contribution in [0.15, 0.2) is 10.6 Å². The Labute approximate surface area is 119 Å². The Morgan fingerprint density at radius 1 is 1.40 bits per heavy atom. The van der Waals surface area contributed by atoms with Crippen molar-refractivity contribution in [3.05, 3.63) is 27.4 Å². The highest BCUT2D eigenvalue weighted by molar-refractivity contribution is 7.13. The molecule has 8 heteroatoms. The van der Waals surface area contributed by atoms with Gasteiger partial charge in [0.25, 0.3) is 5.88 Å². The van der Waals surface area contributed by atoms with Crippen LogP contribution < -0.4 is 4.74 Å². The molecular weight excluding hydrogens is 284 g/mol. The Balaban J connectivity index is 1.97. The van der Waals surface area contributed by atoms with Gasteiger partial charge in [-0.1, -0.05) is 0 Å². The molecule has 0 fully saturated rings. The van der Waals surface area contributed by atoms with Crippen molar-refractivity contribution >= 4 is 17.3 Å². The average Bonchev–Trinajstić information content (AvgIpc) is 3.03. The predicted molar refractivity (Wildman–Crippen MR) is 69.7 cm³/mol. The fraction of sp³-hybridized carbons (Fsp3) is 0.417. The van der Waals surface area contributed by atoms with E-state index < -0.39 is 5.97 Å². The van der Waals surface area contributed by atoms with Crippen molar-refractivity contribution in [1.29, 1.82) is 0 Å². The summed E-state index contributed by atoms with van der Waals surface area (Å²) in [5.41, 5.74) is 0.627. The molecule has 0 aliphatic carbocycles. The normalized spacial score (nSPS) is 10.6. The predicted octanol–water partition coefficient (Wildman–Crippen LogP) is 1.95. The van der Waals surface area contributed by atoms with Gasteiger partial charge in [0.05, 0.1) is 19.4 Å². The van der Waals surface area contributed by atoms with Crippen LogP contribution in [-0.2, 0) is 22.7 Å². The lowest BCUT2D eigenvalue weighted by Crippen LogP contribution is -2.04. The molecular formula is C12H14N2O5S. The van der Waals surface area contributed by atoms with E-state index in [1.54, 1.807) is 20.1 Å². The second-order valence-electron chi connectivity index (χ2n) is 3.87. The molecule has 0 bridgehead atoms. The van der Waals surface area contributed by atoms with Gasteiger partial charge in [-0.15, -0.1) is 11.3 Å². The van der Waals surface area contributed by atoms with Crippen molar-refractivity contribution in [1.82, 2.24) is 10.1 Å². The number of ether oxygens (including phenoxy) is 3. The quantitative estimate of drug-likeness (QED) is 0.753. The van der Waals surface area contributed by atoms with Gasteiger partial charge in [-0.05, 0) is 12.1 Å². The van der Waals surface area contributed by atoms with Crippen LogP contribution in [0, 0.1) is 6.92 Å². The lowest BCUT2D eigenvalue weighted by Gasteiger charge is -1.99. The smallest absolute Gasteiger partial charge is 0.350 e. The number of esters is 1. The summed E-state index contributed by atoms with van der Waals surface area (Å²) in [6.07, 6.45) is 0. The monoisotopic (exact) mass is 298 g/mol. The maximum Gasteiger partial charge on any atom is 0.350 e. The minimum Gasteiger partial charge on any atom is -0.479 e. The van der Waals surface area contributed by atoms with Gasteiger partial charge in [-0.25, -0.2) is 9.78 Å². The first-order valence-electron chi connectivity index (χ1n) is 5.76. The third-order valence-electron chi connectivity index (χ3n) is 2.39. The number of methoxy groups -OCH3 is 2. The van der Waals surface area contributed by atoms with E-state index in [9.17, 15) is 4.79 Å². The maximum absolute atomic E-state index is 11.9. The van der Waals surface area contributed by atoms with Crippen LogP contribution in [-0.4, -0.2) is 30.3 Å². The summed E-state index contributed by atoms with van der Waals surface area (Å²) in [6, 6.07) is 1.56. The van der Waals surface area contributed by atoms with Crippen LogP contribution in [0.4, 0.5) is 0 Å². The van der Waals surface area contributed by atoms with Crippen molar-refractivity contribution in [2.24, 2.45) is 0 Å². The zero-order chi connectivity index (χ0) is 14.5. The van der Waals surface area contributed by atoms with Gasteiger partial charge in [0.2, 0.25) is 0 Å². The van der Waals surface area contributed by atoms with Crippen LogP contribution in [0.25, 0.3) is 0 Å². The number of thiazole rings is 1. The molecule has 2 rings (SSSR count). The number of aryl methyl sites for hydroxylation is 1. The summed E-state index contributed by atoms with van der Waals surface area (Å²) in [7, 11) is 3.05. The van der Waals surface area contributed by atoms with E-state index >= 15 is 0 Å².